The van der Waals surface area contributed by atoms with Crippen molar-refractivity contribution in [2.75, 3.05) is 0 Å². The van der Waals surface area contributed by atoms with Gasteiger partial charge in [-0.15, -0.1) is 5.10 Å². The first-order valence-electron chi connectivity index (χ1n) is 12.2. The zero-order valence-corrected chi connectivity index (χ0v) is 20.9. The maximum atomic E-state index is 12.9. The molecule has 0 unspecified atom stereocenters. The van der Waals surface area contributed by atoms with Crippen molar-refractivity contribution in [3.05, 3.63) is 107 Å². The number of aromatic amines is 1. The first-order chi connectivity index (χ1) is 19.0. The molecule has 1 N–H and O–H groups in total. The number of para-hydroxylation sites is 1. The highest BCUT2D eigenvalue weighted by Crippen LogP contribution is 2.23. The van der Waals surface area contributed by atoms with Crippen molar-refractivity contribution in [1.29, 1.82) is 0 Å². The number of hydrogen-bond acceptors (Lipinski definition) is 8. The largest absolute Gasteiger partial charge is 0.487 e. The van der Waals surface area contributed by atoms with Crippen LogP contribution in [-0.4, -0.2) is 36.1 Å². The molecule has 3 heterocycles. The minimum Gasteiger partial charge on any atom is -0.487 e. The number of carbonyl (C=O) groups is 1. The number of nitrogens with one attached hydrogen (secondary N) is 1. The minimum atomic E-state index is -0.428. The summed E-state index contributed by atoms with van der Waals surface area (Å²) in [6, 6.07) is 26.2. The van der Waals surface area contributed by atoms with Crippen molar-refractivity contribution in [1.82, 2.24) is 30.2 Å². The lowest BCUT2D eigenvalue weighted by Gasteiger charge is -2.10. The Labute approximate surface area is 221 Å². The smallest absolute Gasteiger partial charge is 0.308 e. The van der Waals surface area contributed by atoms with Crippen LogP contribution >= 0.6 is 0 Å². The zero-order chi connectivity index (χ0) is 26.8. The normalized spacial score (nSPS) is 11.1. The van der Waals surface area contributed by atoms with E-state index in [1.807, 2.05) is 60.7 Å². The molecule has 0 fully saturated rings. The van der Waals surface area contributed by atoms with Gasteiger partial charge in [-0.25, -0.2) is 9.67 Å². The van der Waals surface area contributed by atoms with Crippen molar-refractivity contribution in [3.8, 4) is 22.9 Å². The van der Waals surface area contributed by atoms with Crippen LogP contribution in [0.3, 0.4) is 0 Å². The van der Waals surface area contributed by atoms with Crippen LogP contribution in [0.4, 0.5) is 0 Å². The molecule has 0 aliphatic rings. The Bertz CT molecular complexity index is 1890. The van der Waals surface area contributed by atoms with E-state index >= 15 is 0 Å². The number of carbonyl (C=O) groups excluding carboxylic acids is 1. The van der Waals surface area contributed by atoms with Crippen LogP contribution < -0.4 is 15.0 Å². The second kappa shape index (κ2) is 10.2. The summed E-state index contributed by atoms with van der Waals surface area (Å²) in [7, 11) is 0. The van der Waals surface area contributed by atoms with E-state index in [2.05, 4.69) is 25.5 Å². The average Bonchev–Trinajstić information content (AvgIpc) is 3.39. The van der Waals surface area contributed by atoms with E-state index in [9.17, 15) is 9.59 Å². The van der Waals surface area contributed by atoms with Gasteiger partial charge in [0.25, 0.3) is 5.56 Å². The molecule has 0 saturated carbocycles. The standard InChI is InChI=1S/C29H22N6O4/c1-18(36)39-24-11-12-27-21(14-24)15-25(29(37)31-27)28-32-33-34-35(28)16-19-5-4-7-23(13-19)38-17-22-10-9-20-6-2-3-8-26(20)30-22/h2-15H,16-17H2,1H3,(H,31,37). The molecule has 192 valence electrons. The summed E-state index contributed by atoms with van der Waals surface area (Å²) >= 11 is 0. The lowest BCUT2D eigenvalue weighted by molar-refractivity contribution is -0.131. The summed E-state index contributed by atoms with van der Waals surface area (Å²) < 4.78 is 12.7. The van der Waals surface area contributed by atoms with Crippen LogP contribution in [0.15, 0.2) is 89.7 Å². The van der Waals surface area contributed by atoms with Crippen LogP contribution in [0.1, 0.15) is 18.2 Å². The molecule has 39 heavy (non-hydrogen) atoms. The predicted octanol–water partition coefficient (Wildman–Crippen LogP) is 4.28. The van der Waals surface area contributed by atoms with E-state index in [-0.39, 0.29) is 5.56 Å². The fourth-order valence-electron chi connectivity index (χ4n) is 4.34. The number of rotatable bonds is 7. The SMILES string of the molecule is CC(=O)Oc1ccc2[nH]c(=O)c(-c3nnnn3Cc3cccc(OCc4ccc5ccccc5n4)c3)cc2c1. The van der Waals surface area contributed by atoms with Crippen molar-refractivity contribution < 1.29 is 14.3 Å². The molecule has 0 spiro atoms. The molecule has 0 bridgehead atoms. The van der Waals surface area contributed by atoms with Crippen LogP contribution in [0.5, 0.6) is 11.5 Å². The number of hydrogen-bond donors (Lipinski definition) is 1. The lowest BCUT2D eigenvalue weighted by Crippen LogP contribution is -2.13. The van der Waals surface area contributed by atoms with E-state index < -0.39 is 5.97 Å². The predicted molar refractivity (Wildman–Crippen MR) is 144 cm³/mol. The number of tetrazole rings is 1. The van der Waals surface area contributed by atoms with Gasteiger partial charge in [0.1, 0.15) is 18.1 Å². The van der Waals surface area contributed by atoms with E-state index in [1.165, 1.54) is 6.92 Å². The highest BCUT2D eigenvalue weighted by molar-refractivity contribution is 5.84. The third-order valence-corrected chi connectivity index (χ3v) is 6.12. The number of H-pyrrole nitrogens is 1. The first-order valence-corrected chi connectivity index (χ1v) is 12.2. The average molecular weight is 519 g/mol. The lowest BCUT2D eigenvalue weighted by atomic mass is 10.1. The molecule has 3 aromatic heterocycles. The Morgan fingerprint density at radius 3 is 2.72 bits per heavy atom. The van der Waals surface area contributed by atoms with Gasteiger partial charge < -0.3 is 14.5 Å². The molecule has 0 amide bonds. The molecule has 10 nitrogen and oxygen atoms in total. The Balaban J connectivity index is 1.23. The molecule has 0 aliphatic carbocycles. The molecule has 3 aromatic carbocycles. The van der Waals surface area contributed by atoms with Gasteiger partial charge in [-0.3, -0.25) is 9.59 Å². The van der Waals surface area contributed by atoms with Crippen molar-refractivity contribution >= 4 is 27.8 Å². The molecule has 0 saturated heterocycles. The number of aromatic nitrogens is 6. The summed E-state index contributed by atoms with van der Waals surface area (Å²) in [5.74, 6) is 0.937. The molecule has 6 aromatic rings. The summed E-state index contributed by atoms with van der Waals surface area (Å²) in [5.41, 5.74) is 3.20. The molecule has 0 radical (unpaired) electrons. The van der Waals surface area contributed by atoms with Gasteiger partial charge in [0.2, 0.25) is 0 Å². The van der Waals surface area contributed by atoms with Crippen molar-refractivity contribution in [2.24, 2.45) is 0 Å². The molecule has 0 aliphatic heterocycles. The number of benzene rings is 3. The maximum Gasteiger partial charge on any atom is 0.308 e. The number of ether oxygens (including phenoxy) is 2. The summed E-state index contributed by atoms with van der Waals surface area (Å²) in [6.07, 6.45) is 0. The molecule has 0 atom stereocenters. The number of fused-ring (bicyclic) bond motifs is 2. The van der Waals surface area contributed by atoms with Gasteiger partial charge in [-0.05, 0) is 64.5 Å². The highest BCUT2D eigenvalue weighted by Gasteiger charge is 2.15. The number of nitrogens with zero attached hydrogens (tertiary/aromatic N) is 5. The van der Waals surface area contributed by atoms with Gasteiger partial charge in [0, 0.05) is 23.2 Å². The van der Waals surface area contributed by atoms with Gasteiger partial charge >= 0.3 is 5.97 Å². The van der Waals surface area contributed by atoms with Gasteiger partial charge in [-0.1, -0.05) is 36.4 Å². The monoisotopic (exact) mass is 518 g/mol. The summed E-state index contributed by atoms with van der Waals surface area (Å²) in [6.45, 7) is 1.97. The molecule has 10 heteroatoms. The maximum absolute atomic E-state index is 12.9. The zero-order valence-electron chi connectivity index (χ0n) is 20.9. The van der Waals surface area contributed by atoms with Crippen LogP contribution in [0.25, 0.3) is 33.2 Å². The highest BCUT2D eigenvalue weighted by atomic mass is 16.5. The second-order valence-electron chi connectivity index (χ2n) is 8.95. The molecular weight excluding hydrogens is 496 g/mol. The quantitative estimate of drug-likeness (QED) is 0.245. The van der Waals surface area contributed by atoms with E-state index in [1.54, 1.807) is 28.9 Å². The van der Waals surface area contributed by atoms with Crippen LogP contribution in [0, 0.1) is 0 Å². The third kappa shape index (κ3) is 5.21. The second-order valence-corrected chi connectivity index (χ2v) is 8.95. The molecule has 6 rings (SSSR count). The van der Waals surface area contributed by atoms with Gasteiger partial charge in [0.15, 0.2) is 5.82 Å². The topological polar surface area (TPSA) is 125 Å². The third-order valence-electron chi connectivity index (χ3n) is 6.12. The molecular formula is C29H22N6O4. The van der Waals surface area contributed by atoms with Gasteiger partial charge in [-0.2, -0.15) is 0 Å². The Morgan fingerprint density at radius 1 is 0.923 bits per heavy atom. The van der Waals surface area contributed by atoms with Crippen molar-refractivity contribution in [2.45, 2.75) is 20.1 Å². The summed E-state index contributed by atoms with van der Waals surface area (Å²) in [4.78, 5) is 31.7. The number of esters is 1. The van der Waals surface area contributed by atoms with E-state index in [4.69, 9.17) is 9.47 Å². The Kier molecular flexibility index (Phi) is 6.26. The van der Waals surface area contributed by atoms with Crippen molar-refractivity contribution in [3.63, 3.8) is 0 Å². The van der Waals surface area contributed by atoms with Crippen LogP contribution in [0.2, 0.25) is 0 Å². The Hall–Kier alpha value is -5.38. The number of pyridine rings is 2. The van der Waals surface area contributed by atoms with E-state index in [0.717, 1.165) is 22.2 Å². The van der Waals surface area contributed by atoms with Crippen LogP contribution in [-0.2, 0) is 17.9 Å². The Morgan fingerprint density at radius 2 is 1.82 bits per heavy atom. The van der Waals surface area contributed by atoms with Gasteiger partial charge in [0.05, 0.1) is 23.3 Å². The summed E-state index contributed by atoms with van der Waals surface area (Å²) in [5, 5.41) is 13.8. The fraction of sp³-hybridized carbons (Fsp3) is 0.103. The fourth-order valence-corrected chi connectivity index (χ4v) is 4.34. The van der Waals surface area contributed by atoms with E-state index in [0.29, 0.717) is 46.9 Å². The minimum absolute atomic E-state index is 0.294. The first kappa shape index (κ1) is 24.0.